The van der Waals surface area contributed by atoms with E-state index in [-0.39, 0.29) is 0 Å². The summed E-state index contributed by atoms with van der Waals surface area (Å²) in [6, 6.07) is 14.5. The van der Waals surface area contributed by atoms with Crippen molar-refractivity contribution in [2.75, 3.05) is 39.5 Å². The van der Waals surface area contributed by atoms with Crippen LogP contribution in [-0.4, -0.2) is 39.5 Å². The topological polar surface area (TPSA) is 22.9 Å². The van der Waals surface area contributed by atoms with Gasteiger partial charge in [0.1, 0.15) is 18.9 Å². The van der Waals surface area contributed by atoms with Crippen LogP contribution in [0.25, 0.3) is 10.8 Å². The van der Waals surface area contributed by atoms with Crippen molar-refractivity contribution < 1.29 is 14.4 Å². The highest BCUT2D eigenvalue weighted by atomic mass is 16.5. The van der Waals surface area contributed by atoms with E-state index in [0.29, 0.717) is 13.2 Å². The third-order valence-electron chi connectivity index (χ3n) is 4.13. The molecule has 0 unspecified atom stereocenters. The maximum atomic E-state index is 5.75. The van der Waals surface area contributed by atoms with Gasteiger partial charge >= 0.3 is 0 Å². The normalized spacial score (nSPS) is 15.6. The molecule has 2 aromatic rings. The fraction of sp³-hybridized carbons (Fsp3) is 0.444. The van der Waals surface area contributed by atoms with Crippen LogP contribution in [0.2, 0.25) is 0 Å². The zero-order chi connectivity index (χ0) is 14.3. The first-order chi connectivity index (χ1) is 10.4. The number of fused-ring (bicyclic) bond motifs is 1. The first-order valence-electron chi connectivity index (χ1n) is 7.95. The van der Waals surface area contributed by atoms with E-state index >= 15 is 0 Å². The molecule has 3 nitrogen and oxygen atoms in total. The Hall–Kier alpha value is -1.58. The van der Waals surface area contributed by atoms with Crippen molar-refractivity contribution in [3.05, 3.63) is 42.5 Å². The average molecular weight is 286 g/mol. The minimum Gasteiger partial charge on any atom is -0.491 e. The molecule has 0 atom stereocenters. The van der Waals surface area contributed by atoms with E-state index < -0.39 is 0 Å². The molecule has 0 radical (unpaired) electrons. The average Bonchev–Trinajstić information content (AvgIpc) is 3.04. The van der Waals surface area contributed by atoms with Crippen molar-refractivity contribution in [1.82, 2.24) is 0 Å². The van der Waals surface area contributed by atoms with E-state index in [1.165, 1.54) is 36.7 Å². The van der Waals surface area contributed by atoms with Crippen molar-refractivity contribution >= 4 is 10.8 Å². The van der Waals surface area contributed by atoms with E-state index in [2.05, 4.69) is 36.4 Å². The SMILES string of the molecule is c1ccc2cc(OCCOCC[NH+]3CCCC3)ccc2c1. The Bertz CT molecular complexity index is 564. The second-order valence-corrected chi connectivity index (χ2v) is 5.68. The monoisotopic (exact) mass is 286 g/mol. The van der Waals surface area contributed by atoms with Crippen molar-refractivity contribution in [2.24, 2.45) is 0 Å². The van der Waals surface area contributed by atoms with Crippen molar-refractivity contribution in [2.45, 2.75) is 12.8 Å². The summed E-state index contributed by atoms with van der Waals surface area (Å²) < 4.78 is 11.4. The van der Waals surface area contributed by atoms with Crippen molar-refractivity contribution in [3.63, 3.8) is 0 Å². The zero-order valence-electron chi connectivity index (χ0n) is 12.5. The fourth-order valence-corrected chi connectivity index (χ4v) is 2.92. The quantitative estimate of drug-likeness (QED) is 0.786. The summed E-state index contributed by atoms with van der Waals surface area (Å²) in [6.07, 6.45) is 2.75. The van der Waals surface area contributed by atoms with Crippen LogP contribution < -0.4 is 9.64 Å². The van der Waals surface area contributed by atoms with Gasteiger partial charge < -0.3 is 14.4 Å². The van der Waals surface area contributed by atoms with E-state index in [1.54, 1.807) is 4.90 Å². The van der Waals surface area contributed by atoms with Gasteiger partial charge in [-0.15, -0.1) is 0 Å². The maximum Gasteiger partial charge on any atom is 0.120 e. The number of benzene rings is 2. The summed E-state index contributed by atoms with van der Waals surface area (Å²) >= 11 is 0. The van der Waals surface area contributed by atoms with Crippen LogP contribution in [0.4, 0.5) is 0 Å². The number of nitrogens with one attached hydrogen (secondary N) is 1. The van der Waals surface area contributed by atoms with Crippen LogP contribution in [0.15, 0.2) is 42.5 Å². The molecule has 1 saturated heterocycles. The summed E-state index contributed by atoms with van der Waals surface area (Å²) in [5.74, 6) is 0.919. The molecule has 0 saturated carbocycles. The molecule has 1 aliphatic heterocycles. The minimum absolute atomic E-state index is 0.619. The number of likely N-dealkylation sites (tertiary alicyclic amines) is 1. The lowest BCUT2D eigenvalue weighted by Crippen LogP contribution is -3.10. The van der Waals surface area contributed by atoms with E-state index in [0.717, 1.165) is 18.9 Å². The van der Waals surface area contributed by atoms with Gasteiger partial charge in [-0.25, -0.2) is 0 Å². The summed E-state index contributed by atoms with van der Waals surface area (Å²) in [5, 5.41) is 2.46. The lowest BCUT2D eigenvalue weighted by atomic mass is 10.1. The van der Waals surface area contributed by atoms with E-state index in [9.17, 15) is 0 Å². The molecule has 3 rings (SSSR count). The van der Waals surface area contributed by atoms with Gasteiger partial charge in [-0.05, 0) is 22.9 Å². The molecule has 1 N–H and O–H groups in total. The van der Waals surface area contributed by atoms with Crippen LogP contribution in [-0.2, 0) is 4.74 Å². The molecular formula is C18H24NO2+. The Balaban J connectivity index is 1.36. The number of ether oxygens (including phenoxy) is 2. The third kappa shape index (κ3) is 4.19. The Morgan fingerprint density at radius 2 is 1.67 bits per heavy atom. The zero-order valence-corrected chi connectivity index (χ0v) is 12.5. The highest BCUT2D eigenvalue weighted by molar-refractivity contribution is 5.83. The van der Waals surface area contributed by atoms with Gasteiger partial charge in [0.2, 0.25) is 0 Å². The van der Waals surface area contributed by atoms with Gasteiger partial charge in [0.05, 0.1) is 26.3 Å². The van der Waals surface area contributed by atoms with Crippen LogP contribution >= 0.6 is 0 Å². The van der Waals surface area contributed by atoms with Crippen LogP contribution in [0, 0.1) is 0 Å². The Kier molecular flexibility index (Phi) is 5.08. The Labute approximate surface area is 126 Å². The Morgan fingerprint density at radius 3 is 2.52 bits per heavy atom. The van der Waals surface area contributed by atoms with Crippen LogP contribution in [0.5, 0.6) is 5.75 Å². The Morgan fingerprint density at radius 1 is 0.857 bits per heavy atom. The molecule has 0 spiro atoms. The van der Waals surface area contributed by atoms with Gasteiger partial charge in [-0.3, -0.25) is 0 Å². The van der Waals surface area contributed by atoms with Crippen molar-refractivity contribution in [3.8, 4) is 5.75 Å². The van der Waals surface area contributed by atoms with Gasteiger partial charge in [0.25, 0.3) is 0 Å². The standard InChI is InChI=1S/C18H23NO2/c1-2-6-17-15-18(8-7-16(17)5-1)21-14-13-20-12-11-19-9-3-4-10-19/h1-2,5-8,15H,3-4,9-14H2/p+1. The van der Waals surface area contributed by atoms with Gasteiger partial charge in [0, 0.05) is 12.8 Å². The molecule has 1 aliphatic rings. The van der Waals surface area contributed by atoms with E-state index in [1.807, 2.05) is 6.07 Å². The molecule has 2 aromatic carbocycles. The first-order valence-corrected chi connectivity index (χ1v) is 7.95. The van der Waals surface area contributed by atoms with Crippen LogP contribution in [0.3, 0.4) is 0 Å². The number of hydrogen-bond donors (Lipinski definition) is 1. The van der Waals surface area contributed by atoms with Gasteiger partial charge in [0.15, 0.2) is 0 Å². The highest BCUT2D eigenvalue weighted by Gasteiger charge is 2.14. The van der Waals surface area contributed by atoms with E-state index in [4.69, 9.17) is 9.47 Å². The lowest BCUT2D eigenvalue weighted by molar-refractivity contribution is -0.887. The first kappa shape index (κ1) is 14.4. The summed E-state index contributed by atoms with van der Waals surface area (Å²) in [6.45, 7) is 5.90. The molecule has 0 aromatic heterocycles. The number of rotatable bonds is 7. The molecule has 1 heterocycles. The molecular weight excluding hydrogens is 262 g/mol. The van der Waals surface area contributed by atoms with Gasteiger partial charge in [-0.2, -0.15) is 0 Å². The largest absolute Gasteiger partial charge is 0.491 e. The molecule has 3 heteroatoms. The molecule has 112 valence electrons. The number of quaternary nitrogens is 1. The molecule has 0 aliphatic carbocycles. The summed E-state index contributed by atoms with van der Waals surface area (Å²) in [5.41, 5.74) is 0. The fourth-order valence-electron chi connectivity index (χ4n) is 2.92. The lowest BCUT2D eigenvalue weighted by Gasteiger charge is -2.12. The highest BCUT2D eigenvalue weighted by Crippen LogP contribution is 2.20. The predicted octanol–water partition coefficient (Wildman–Crippen LogP) is 1.91. The second-order valence-electron chi connectivity index (χ2n) is 5.68. The molecule has 0 amide bonds. The maximum absolute atomic E-state index is 5.75. The summed E-state index contributed by atoms with van der Waals surface area (Å²) in [4.78, 5) is 1.69. The second kappa shape index (κ2) is 7.43. The molecule has 0 bridgehead atoms. The van der Waals surface area contributed by atoms with Gasteiger partial charge in [-0.1, -0.05) is 30.3 Å². The number of hydrogen-bond acceptors (Lipinski definition) is 2. The summed E-state index contributed by atoms with van der Waals surface area (Å²) in [7, 11) is 0. The smallest absolute Gasteiger partial charge is 0.120 e. The molecule has 21 heavy (non-hydrogen) atoms. The molecule has 1 fully saturated rings. The van der Waals surface area contributed by atoms with Crippen LogP contribution in [0.1, 0.15) is 12.8 Å². The third-order valence-corrected chi connectivity index (χ3v) is 4.13. The predicted molar refractivity (Wildman–Crippen MR) is 85.1 cm³/mol. The van der Waals surface area contributed by atoms with Crippen molar-refractivity contribution in [1.29, 1.82) is 0 Å². The minimum atomic E-state index is 0.619.